The number of carbonyl (C=O) groups is 2. The monoisotopic (exact) mass is 708 g/mol. The van der Waals surface area contributed by atoms with Gasteiger partial charge in [0, 0.05) is 49.7 Å². The average molecular weight is 709 g/mol. The zero-order chi connectivity index (χ0) is 37.0. The maximum Gasteiger partial charge on any atom is 0.338 e. The molecule has 3 atom stereocenters. The predicted molar refractivity (Wildman–Crippen MR) is 183 cm³/mol. The summed E-state index contributed by atoms with van der Waals surface area (Å²) in [5.74, 6) is -0.0189. The highest BCUT2D eigenvalue weighted by atomic mass is 16.6. The number of epoxide rings is 1. The molecule has 0 aliphatic carbocycles. The van der Waals surface area contributed by atoms with Crippen LogP contribution in [0.25, 0.3) is 0 Å². The molecule has 50 heavy (non-hydrogen) atoms. The Hall–Kier alpha value is -3.40. The van der Waals surface area contributed by atoms with E-state index < -0.39 is 29.4 Å². The van der Waals surface area contributed by atoms with Crippen molar-refractivity contribution >= 4 is 11.9 Å². The fourth-order valence-corrected chi connectivity index (χ4v) is 3.98. The van der Waals surface area contributed by atoms with Crippen LogP contribution in [0.15, 0.2) is 36.7 Å². The minimum absolute atomic E-state index is 0.142. The number of aliphatic hydroxyl groups excluding tert-OH is 1. The molecule has 14 heteroatoms. The highest BCUT2D eigenvalue weighted by Gasteiger charge is 2.48. The molecule has 282 valence electrons. The van der Waals surface area contributed by atoms with Gasteiger partial charge in [0.25, 0.3) is 0 Å². The standard InChI is InChI=1S/C18H27NO6.C18H29NO6/c1-5-21-8-9-22-10-11-23-14-7-6-13(12-19-14)15-16(24-15)17(20)25-18(2,3)4;1-5-22-8-9-23-10-11-24-16-7-6-14(13-19-16)12-15(20)17(21)25-18(2,3)4/h6-7,12,15-16H,5,8-11H2,1-4H3;6-7,13,15,20H,5,8-12H2,1-4H3. The van der Waals surface area contributed by atoms with E-state index in [1.165, 1.54) is 0 Å². The fraction of sp³-hybridized carbons (Fsp3) is 0.667. The maximum absolute atomic E-state index is 11.9. The van der Waals surface area contributed by atoms with Crippen molar-refractivity contribution in [2.45, 2.75) is 91.3 Å². The molecule has 0 spiro atoms. The van der Waals surface area contributed by atoms with Crippen molar-refractivity contribution in [3.63, 3.8) is 0 Å². The van der Waals surface area contributed by atoms with Crippen molar-refractivity contribution in [1.82, 2.24) is 9.97 Å². The number of rotatable bonds is 21. The molecule has 0 aromatic carbocycles. The molecule has 1 N–H and O–H groups in total. The zero-order valence-electron chi connectivity index (χ0n) is 30.8. The lowest BCUT2D eigenvalue weighted by atomic mass is 10.1. The van der Waals surface area contributed by atoms with Gasteiger partial charge in [0.05, 0.1) is 39.6 Å². The second-order valence-corrected chi connectivity index (χ2v) is 13.0. The Morgan fingerprint density at radius 2 is 1.22 bits per heavy atom. The molecule has 0 amide bonds. The summed E-state index contributed by atoms with van der Waals surface area (Å²) in [4.78, 5) is 32.1. The number of carbonyl (C=O) groups excluding carboxylic acids is 2. The molecule has 1 saturated heterocycles. The van der Waals surface area contributed by atoms with Gasteiger partial charge in [-0.3, -0.25) is 0 Å². The topological polar surface area (TPSA) is 167 Å². The Balaban J connectivity index is 0.000000347. The van der Waals surface area contributed by atoms with Crippen molar-refractivity contribution in [2.75, 3.05) is 66.1 Å². The number of pyridine rings is 2. The second kappa shape index (κ2) is 22.4. The van der Waals surface area contributed by atoms with Crippen LogP contribution in [0.3, 0.4) is 0 Å². The van der Waals surface area contributed by atoms with Gasteiger partial charge in [-0.1, -0.05) is 6.07 Å². The van der Waals surface area contributed by atoms with Gasteiger partial charge >= 0.3 is 11.9 Å². The van der Waals surface area contributed by atoms with Crippen LogP contribution < -0.4 is 9.47 Å². The first-order valence-electron chi connectivity index (χ1n) is 17.0. The molecular weight excluding hydrogens is 652 g/mol. The lowest BCUT2D eigenvalue weighted by Crippen LogP contribution is -2.33. The third-order valence-corrected chi connectivity index (χ3v) is 6.23. The van der Waals surface area contributed by atoms with Gasteiger partial charge in [0.2, 0.25) is 11.8 Å². The molecule has 2 aromatic rings. The molecule has 0 bridgehead atoms. The minimum Gasteiger partial charge on any atom is -0.475 e. The number of nitrogens with zero attached hydrogens (tertiary/aromatic N) is 2. The molecule has 1 aliphatic heterocycles. The molecule has 2 aromatic heterocycles. The summed E-state index contributed by atoms with van der Waals surface area (Å²) >= 11 is 0. The SMILES string of the molecule is CCOCCOCCOc1ccc(C2OC2C(=O)OC(C)(C)C)cn1.CCOCCOCCOc1ccc(CC(O)C(=O)OC(C)(C)C)cn1. The summed E-state index contributed by atoms with van der Waals surface area (Å²) < 4.78 is 47.8. The number of esters is 2. The largest absolute Gasteiger partial charge is 0.475 e. The third-order valence-electron chi connectivity index (χ3n) is 6.23. The van der Waals surface area contributed by atoms with Crippen molar-refractivity contribution < 1.29 is 57.3 Å². The molecule has 3 rings (SSSR count). The summed E-state index contributed by atoms with van der Waals surface area (Å²) in [6.45, 7) is 20.0. The van der Waals surface area contributed by atoms with Crippen molar-refractivity contribution in [2.24, 2.45) is 0 Å². The fourth-order valence-electron chi connectivity index (χ4n) is 3.98. The highest BCUT2D eigenvalue weighted by Crippen LogP contribution is 2.40. The number of hydrogen-bond donors (Lipinski definition) is 1. The molecule has 0 saturated carbocycles. The van der Waals surface area contributed by atoms with Crippen LogP contribution in [0.1, 0.15) is 72.6 Å². The van der Waals surface area contributed by atoms with Gasteiger partial charge in [0.15, 0.2) is 12.2 Å². The van der Waals surface area contributed by atoms with E-state index in [0.29, 0.717) is 77.8 Å². The van der Waals surface area contributed by atoms with Crippen molar-refractivity contribution in [3.8, 4) is 11.8 Å². The Labute approximate surface area is 296 Å². The van der Waals surface area contributed by atoms with E-state index >= 15 is 0 Å². The van der Waals surface area contributed by atoms with Crippen LogP contribution in [0.4, 0.5) is 0 Å². The number of aliphatic hydroxyl groups is 1. The third kappa shape index (κ3) is 19.1. The van der Waals surface area contributed by atoms with Gasteiger partial charge in [0.1, 0.15) is 30.5 Å². The zero-order valence-corrected chi connectivity index (χ0v) is 30.8. The normalized spacial score (nSPS) is 16.1. The van der Waals surface area contributed by atoms with Crippen LogP contribution in [0.5, 0.6) is 11.8 Å². The summed E-state index contributed by atoms with van der Waals surface area (Å²) in [6, 6.07) is 7.04. The van der Waals surface area contributed by atoms with E-state index in [1.807, 2.05) is 40.7 Å². The van der Waals surface area contributed by atoms with Gasteiger partial charge in [-0.15, -0.1) is 0 Å². The quantitative estimate of drug-likeness (QED) is 0.112. The molecular formula is C36H56N2O12. The lowest BCUT2D eigenvalue weighted by molar-refractivity contribution is -0.165. The molecule has 14 nitrogen and oxygen atoms in total. The van der Waals surface area contributed by atoms with E-state index in [2.05, 4.69) is 9.97 Å². The Morgan fingerprint density at radius 1 is 0.720 bits per heavy atom. The molecule has 3 unspecified atom stereocenters. The maximum atomic E-state index is 11.9. The summed E-state index contributed by atoms with van der Waals surface area (Å²) in [5.41, 5.74) is 0.405. The highest BCUT2D eigenvalue weighted by molar-refractivity contribution is 5.78. The van der Waals surface area contributed by atoms with Crippen LogP contribution >= 0.6 is 0 Å². The molecule has 3 heterocycles. The molecule has 0 radical (unpaired) electrons. The van der Waals surface area contributed by atoms with Crippen LogP contribution in [0, 0.1) is 0 Å². The van der Waals surface area contributed by atoms with Gasteiger partial charge in [-0.05, 0) is 67.0 Å². The van der Waals surface area contributed by atoms with E-state index in [9.17, 15) is 14.7 Å². The first-order chi connectivity index (χ1) is 23.7. The predicted octanol–water partition coefficient (Wildman–Crippen LogP) is 4.05. The minimum atomic E-state index is -1.22. The van der Waals surface area contributed by atoms with E-state index in [0.717, 1.165) is 11.1 Å². The first kappa shape index (κ1) is 42.8. The van der Waals surface area contributed by atoms with Crippen LogP contribution in [0.2, 0.25) is 0 Å². The van der Waals surface area contributed by atoms with Crippen molar-refractivity contribution in [3.05, 3.63) is 47.8 Å². The lowest BCUT2D eigenvalue weighted by Gasteiger charge is -2.21. The average Bonchev–Trinajstić information content (AvgIpc) is 3.85. The van der Waals surface area contributed by atoms with E-state index in [4.69, 9.17) is 42.6 Å². The summed E-state index contributed by atoms with van der Waals surface area (Å²) in [7, 11) is 0. The Morgan fingerprint density at radius 3 is 1.68 bits per heavy atom. The second-order valence-electron chi connectivity index (χ2n) is 13.0. The van der Waals surface area contributed by atoms with Gasteiger partial charge in [-0.2, -0.15) is 0 Å². The van der Waals surface area contributed by atoms with Gasteiger partial charge in [-0.25, -0.2) is 19.6 Å². The smallest absolute Gasteiger partial charge is 0.338 e. The van der Waals surface area contributed by atoms with Crippen molar-refractivity contribution in [1.29, 1.82) is 0 Å². The summed E-state index contributed by atoms with van der Waals surface area (Å²) in [6.07, 6.45) is 1.30. The molecule has 1 aliphatic rings. The van der Waals surface area contributed by atoms with Crippen LogP contribution in [-0.4, -0.2) is 116 Å². The Bertz CT molecular complexity index is 1200. The van der Waals surface area contributed by atoms with Crippen LogP contribution in [-0.2, 0) is 49.2 Å². The van der Waals surface area contributed by atoms with Gasteiger partial charge < -0.3 is 47.7 Å². The molecule has 1 fully saturated rings. The summed E-state index contributed by atoms with van der Waals surface area (Å²) in [5, 5.41) is 9.91. The number of aromatic nitrogens is 2. The Kier molecular flexibility index (Phi) is 19.2. The number of ether oxygens (including phenoxy) is 9. The van der Waals surface area contributed by atoms with E-state index in [1.54, 1.807) is 51.4 Å². The number of hydrogen-bond acceptors (Lipinski definition) is 14. The first-order valence-corrected chi connectivity index (χ1v) is 17.0. The van der Waals surface area contributed by atoms with E-state index in [-0.39, 0.29) is 18.5 Å².